The Balaban J connectivity index is 2.02. The fraction of sp³-hybridized carbons (Fsp3) is 0.158. The SMILES string of the molecule is COc1ccccc1NC(=S)N[C@H](NC(=O)/C=C/c1ccccc1)C(Cl)(Cl)Cl. The van der Waals surface area contributed by atoms with E-state index in [0.717, 1.165) is 5.56 Å². The van der Waals surface area contributed by atoms with Gasteiger partial charge >= 0.3 is 0 Å². The highest BCUT2D eigenvalue weighted by Gasteiger charge is 2.34. The molecule has 2 aromatic rings. The van der Waals surface area contributed by atoms with Crippen LogP contribution in [0.25, 0.3) is 6.08 Å². The number of para-hydroxylation sites is 2. The highest BCUT2D eigenvalue weighted by atomic mass is 35.6. The Morgan fingerprint density at radius 3 is 2.36 bits per heavy atom. The molecule has 1 amide bonds. The van der Waals surface area contributed by atoms with Crippen LogP contribution in [-0.2, 0) is 4.79 Å². The van der Waals surface area contributed by atoms with Crippen LogP contribution in [0.5, 0.6) is 5.75 Å². The molecule has 0 aliphatic heterocycles. The molecular formula is C19H18Cl3N3O2S. The van der Waals surface area contributed by atoms with Gasteiger partial charge in [-0.15, -0.1) is 0 Å². The molecule has 148 valence electrons. The van der Waals surface area contributed by atoms with E-state index in [4.69, 9.17) is 51.8 Å². The maximum atomic E-state index is 12.2. The molecule has 9 heteroatoms. The van der Waals surface area contributed by atoms with E-state index in [-0.39, 0.29) is 5.11 Å². The smallest absolute Gasteiger partial charge is 0.245 e. The number of ether oxygens (including phenoxy) is 1. The third kappa shape index (κ3) is 7.20. The monoisotopic (exact) mass is 457 g/mol. The van der Waals surface area contributed by atoms with Crippen molar-refractivity contribution in [3.63, 3.8) is 0 Å². The van der Waals surface area contributed by atoms with Gasteiger partial charge in [0.15, 0.2) is 5.11 Å². The van der Waals surface area contributed by atoms with Gasteiger partial charge in [-0.3, -0.25) is 4.79 Å². The second kappa shape index (κ2) is 10.5. The molecule has 0 heterocycles. The van der Waals surface area contributed by atoms with Crippen molar-refractivity contribution < 1.29 is 9.53 Å². The number of methoxy groups -OCH3 is 1. The fourth-order valence-electron chi connectivity index (χ4n) is 2.16. The third-order valence-electron chi connectivity index (χ3n) is 3.47. The number of thiocarbonyl (C=S) groups is 1. The molecule has 2 rings (SSSR count). The molecule has 0 aromatic heterocycles. The van der Waals surface area contributed by atoms with Gasteiger partial charge < -0.3 is 20.7 Å². The summed E-state index contributed by atoms with van der Waals surface area (Å²) in [6.07, 6.45) is 1.92. The summed E-state index contributed by atoms with van der Waals surface area (Å²) >= 11 is 23.2. The number of benzene rings is 2. The Labute approximate surface area is 184 Å². The summed E-state index contributed by atoms with van der Waals surface area (Å²) in [6.45, 7) is 0. The molecule has 0 spiro atoms. The van der Waals surface area contributed by atoms with Gasteiger partial charge in [-0.2, -0.15) is 0 Å². The van der Waals surface area contributed by atoms with E-state index < -0.39 is 15.9 Å². The highest BCUT2D eigenvalue weighted by molar-refractivity contribution is 7.80. The maximum absolute atomic E-state index is 12.2. The number of hydrogen-bond acceptors (Lipinski definition) is 3. The molecule has 0 saturated heterocycles. The topological polar surface area (TPSA) is 62.4 Å². The van der Waals surface area contributed by atoms with Crippen molar-refractivity contribution in [2.75, 3.05) is 12.4 Å². The molecule has 28 heavy (non-hydrogen) atoms. The number of carbonyl (C=O) groups is 1. The van der Waals surface area contributed by atoms with E-state index in [1.54, 1.807) is 25.3 Å². The highest BCUT2D eigenvalue weighted by Crippen LogP contribution is 2.29. The number of alkyl halides is 3. The van der Waals surface area contributed by atoms with Crippen LogP contribution in [0.1, 0.15) is 5.56 Å². The second-order valence-electron chi connectivity index (χ2n) is 5.53. The molecule has 3 N–H and O–H groups in total. The fourth-order valence-corrected chi connectivity index (χ4v) is 2.72. The molecule has 0 aliphatic rings. The summed E-state index contributed by atoms with van der Waals surface area (Å²) in [5, 5.41) is 8.46. The van der Waals surface area contributed by atoms with Crippen molar-refractivity contribution in [2.24, 2.45) is 0 Å². The average Bonchev–Trinajstić information content (AvgIpc) is 2.66. The Kier molecular flexibility index (Phi) is 8.38. The third-order valence-corrected chi connectivity index (χ3v) is 4.35. The zero-order valence-corrected chi connectivity index (χ0v) is 17.9. The number of hydrogen-bond donors (Lipinski definition) is 3. The first-order valence-electron chi connectivity index (χ1n) is 8.10. The van der Waals surface area contributed by atoms with Crippen LogP contribution >= 0.6 is 47.0 Å². The Morgan fingerprint density at radius 2 is 1.71 bits per heavy atom. The number of amides is 1. The summed E-state index contributed by atoms with van der Waals surface area (Å²) < 4.78 is 3.41. The van der Waals surface area contributed by atoms with Gasteiger partial charge in [0, 0.05) is 6.08 Å². The minimum Gasteiger partial charge on any atom is -0.495 e. The van der Waals surface area contributed by atoms with Crippen molar-refractivity contribution in [1.82, 2.24) is 10.6 Å². The standard InChI is InChI=1S/C19H18Cl3N3O2S/c1-27-15-10-6-5-9-14(15)23-18(28)25-17(19(20,21)22)24-16(26)12-11-13-7-3-2-4-8-13/h2-12,17H,1H3,(H,24,26)(H2,23,25,28)/b12-11+/t17-/m0/s1. The van der Waals surface area contributed by atoms with E-state index in [0.29, 0.717) is 11.4 Å². The van der Waals surface area contributed by atoms with Crippen LogP contribution < -0.4 is 20.7 Å². The number of halogens is 3. The van der Waals surface area contributed by atoms with Crippen LogP contribution in [0.2, 0.25) is 0 Å². The van der Waals surface area contributed by atoms with E-state index in [1.807, 2.05) is 42.5 Å². The lowest BCUT2D eigenvalue weighted by Gasteiger charge is -2.27. The molecule has 0 bridgehead atoms. The second-order valence-corrected chi connectivity index (χ2v) is 8.30. The first-order chi connectivity index (χ1) is 13.3. The lowest BCUT2D eigenvalue weighted by Crippen LogP contribution is -2.55. The predicted molar refractivity (Wildman–Crippen MR) is 120 cm³/mol. The van der Waals surface area contributed by atoms with Gasteiger partial charge in [-0.25, -0.2) is 0 Å². The lowest BCUT2D eigenvalue weighted by atomic mass is 10.2. The lowest BCUT2D eigenvalue weighted by molar-refractivity contribution is -0.117. The Morgan fingerprint density at radius 1 is 1.07 bits per heavy atom. The minimum absolute atomic E-state index is 0.146. The van der Waals surface area contributed by atoms with Gasteiger partial charge in [0.1, 0.15) is 11.9 Å². The van der Waals surface area contributed by atoms with Crippen LogP contribution in [0.3, 0.4) is 0 Å². The molecule has 1 atom stereocenters. The summed E-state index contributed by atoms with van der Waals surface area (Å²) in [7, 11) is 1.54. The average molecular weight is 459 g/mol. The van der Waals surface area contributed by atoms with Crippen molar-refractivity contribution in [3.05, 3.63) is 66.2 Å². The summed E-state index contributed by atoms with van der Waals surface area (Å²) in [4.78, 5) is 12.2. The van der Waals surface area contributed by atoms with Gasteiger partial charge in [0.05, 0.1) is 12.8 Å². The quantitative estimate of drug-likeness (QED) is 0.257. The van der Waals surface area contributed by atoms with E-state index in [1.165, 1.54) is 6.08 Å². The molecule has 5 nitrogen and oxygen atoms in total. The number of carbonyl (C=O) groups excluding carboxylic acids is 1. The molecule has 0 aliphatic carbocycles. The normalized spacial score (nSPS) is 12.3. The van der Waals surface area contributed by atoms with Crippen molar-refractivity contribution in [3.8, 4) is 5.75 Å². The molecule has 2 aromatic carbocycles. The first kappa shape index (κ1) is 22.3. The van der Waals surface area contributed by atoms with Crippen LogP contribution in [0.4, 0.5) is 5.69 Å². The molecule has 0 unspecified atom stereocenters. The molecule has 0 radical (unpaired) electrons. The molecule has 0 fully saturated rings. The Hall–Kier alpha value is -1.99. The summed E-state index contributed by atoms with van der Waals surface area (Å²) in [5.74, 6) is 0.139. The molecular weight excluding hydrogens is 441 g/mol. The minimum atomic E-state index is -1.84. The van der Waals surface area contributed by atoms with Crippen LogP contribution in [0, 0.1) is 0 Å². The van der Waals surface area contributed by atoms with Gasteiger partial charge in [-0.05, 0) is 36.0 Å². The zero-order valence-electron chi connectivity index (χ0n) is 14.8. The largest absolute Gasteiger partial charge is 0.495 e. The maximum Gasteiger partial charge on any atom is 0.245 e. The van der Waals surface area contributed by atoms with Crippen LogP contribution in [-0.4, -0.2) is 28.1 Å². The van der Waals surface area contributed by atoms with Gasteiger partial charge in [0.2, 0.25) is 9.70 Å². The van der Waals surface area contributed by atoms with Crippen molar-refractivity contribution in [2.45, 2.75) is 9.96 Å². The first-order valence-corrected chi connectivity index (χ1v) is 9.64. The number of nitrogens with one attached hydrogen (secondary N) is 3. The predicted octanol–water partition coefficient (Wildman–Crippen LogP) is 4.51. The van der Waals surface area contributed by atoms with Crippen molar-refractivity contribution in [1.29, 1.82) is 0 Å². The summed E-state index contributed by atoms with van der Waals surface area (Å²) in [5.41, 5.74) is 1.49. The number of anilines is 1. The van der Waals surface area contributed by atoms with Gasteiger partial charge in [0.25, 0.3) is 0 Å². The van der Waals surface area contributed by atoms with E-state index in [2.05, 4.69) is 16.0 Å². The molecule has 0 saturated carbocycles. The van der Waals surface area contributed by atoms with Crippen molar-refractivity contribution >= 4 is 69.8 Å². The van der Waals surface area contributed by atoms with E-state index >= 15 is 0 Å². The van der Waals surface area contributed by atoms with Gasteiger partial charge in [-0.1, -0.05) is 77.3 Å². The zero-order chi connectivity index (χ0) is 20.6. The Bertz CT molecular complexity index is 842. The number of rotatable bonds is 6. The summed E-state index contributed by atoms with van der Waals surface area (Å²) in [6, 6.07) is 16.5. The van der Waals surface area contributed by atoms with Crippen LogP contribution in [0.15, 0.2) is 60.7 Å². The van der Waals surface area contributed by atoms with E-state index in [9.17, 15) is 4.79 Å².